The van der Waals surface area contributed by atoms with Gasteiger partial charge in [-0.15, -0.1) is 0 Å². The van der Waals surface area contributed by atoms with Gasteiger partial charge in [-0.2, -0.15) is 0 Å². The van der Waals surface area contributed by atoms with Crippen molar-refractivity contribution in [2.24, 2.45) is 0 Å². The van der Waals surface area contributed by atoms with Crippen LogP contribution in [0.5, 0.6) is 0 Å². The number of halogens is 1. The van der Waals surface area contributed by atoms with Crippen molar-refractivity contribution < 1.29 is 9.72 Å². The summed E-state index contributed by atoms with van der Waals surface area (Å²) < 4.78 is 0. The van der Waals surface area contributed by atoms with Gasteiger partial charge < -0.3 is 0 Å². The first-order valence-electron chi connectivity index (χ1n) is 5.12. The second-order valence-electron chi connectivity index (χ2n) is 3.60. The molecule has 0 N–H and O–H groups in total. The molecule has 0 atom stereocenters. The molecule has 5 heteroatoms. The molecule has 0 unspecified atom stereocenters. The molecule has 0 fully saturated rings. The van der Waals surface area contributed by atoms with Crippen molar-refractivity contribution >= 4 is 23.6 Å². The SMILES string of the molecule is O=Cc1ccccc1-c1cccc(Cl)c1[N+](=O)[O-]. The van der Waals surface area contributed by atoms with Crippen molar-refractivity contribution in [3.05, 3.63) is 63.2 Å². The van der Waals surface area contributed by atoms with Crippen molar-refractivity contribution in [3.8, 4) is 11.1 Å². The van der Waals surface area contributed by atoms with E-state index in [1.807, 2.05) is 0 Å². The number of nitro groups is 1. The number of benzene rings is 2. The minimum absolute atomic E-state index is 0.0539. The highest BCUT2D eigenvalue weighted by atomic mass is 35.5. The van der Waals surface area contributed by atoms with Gasteiger partial charge in [0.05, 0.1) is 10.5 Å². The van der Waals surface area contributed by atoms with Crippen LogP contribution in [0.1, 0.15) is 10.4 Å². The van der Waals surface area contributed by atoms with Gasteiger partial charge in [0.2, 0.25) is 0 Å². The number of para-hydroxylation sites is 1. The minimum atomic E-state index is -0.542. The maximum Gasteiger partial charge on any atom is 0.295 e. The number of rotatable bonds is 3. The van der Waals surface area contributed by atoms with Crippen molar-refractivity contribution in [3.63, 3.8) is 0 Å². The molecule has 0 spiro atoms. The van der Waals surface area contributed by atoms with Gasteiger partial charge in [0.1, 0.15) is 5.02 Å². The summed E-state index contributed by atoms with van der Waals surface area (Å²) in [5.41, 5.74) is 1.05. The van der Waals surface area contributed by atoms with Crippen LogP contribution < -0.4 is 0 Å². The smallest absolute Gasteiger partial charge is 0.295 e. The van der Waals surface area contributed by atoms with E-state index in [1.54, 1.807) is 36.4 Å². The summed E-state index contributed by atoms with van der Waals surface area (Å²) in [5, 5.41) is 11.1. The van der Waals surface area contributed by atoms with Crippen LogP contribution in [0.15, 0.2) is 42.5 Å². The molecule has 0 bridgehead atoms. The standard InChI is InChI=1S/C13H8ClNO3/c14-12-7-3-6-11(13(12)15(17)18)10-5-2-1-4-9(10)8-16/h1-8H. The molecule has 0 radical (unpaired) electrons. The normalized spacial score (nSPS) is 10.1. The van der Waals surface area contributed by atoms with E-state index in [4.69, 9.17) is 11.6 Å². The molecule has 90 valence electrons. The molecule has 18 heavy (non-hydrogen) atoms. The fraction of sp³-hybridized carbons (Fsp3) is 0. The van der Waals surface area contributed by atoms with Crippen LogP contribution in [0.4, 0.5) is 5.69 Å². The van der Waals surface area contributed by atoms with Crippen LogP contribution in [0.25, 0.3) is 11.1 Å². The van der Waals surface area contributed by atoms with Crippen LogP contribution >= 0.6 is 11.6 Å². The van der Waals surface area contributed by atoms with Gasteiger partial charge in [-0.25, -0.2) is 0 Å². The zero-order valence-electron chi connectivity index (χ0n) is 9.17. The zero-order valence-corrected chi connectivity index (χ0v) is 9.92. The van der Waals surface area contributed by atoms with Crippen molar-refractivity contribution in [2.75, 3.05) is 0 Å². The Morgan fingerprint density at radius 2 is 1.72 bits per heavy atom. The summed E-state index contributed by atoms with van der Waals surface area (Å²) in [7, 11) is 0. The fourth-order valence-corrected chi connectivity index (χ4v) is 2.01. The Kier molecular flexibility index (Phi) is 3.39. The maximum atomic E-state index is 11.0. The third-order valence-electron chi connectivity index (χ3n) is 2.55. The van der Waals surface area contributed by atoms with Gasteiger partial charge in [-0.3, -0.25) is 14.9 Å². The first kappa shape index (κ1) is 12.3. The molecule has 0 aromatic heterocycles. The molecular formula is C13H8ClNO3. The third kappa shape index (κ3) is 2.10. The fourth-order valence-electron chi connectivity index (χ4n) is 1.76. The van der Waals surface area contributed by atoms with E-state index in [9.17, 15) is 14.9 Å². The Bertz CT molecular complexity index is 625. The second kappa shape index (κ2) is 4.98. The quantitative estimate of drug-likeness (QED) is 0.480. The molecule has 4 nitrogen and oxygen atoms in total. The van der Waals surface area contributed by atoms with Gasteiger partial charge in [0, 0.05) is 5.56 Å². The number of nitrogens with zero attached hydrogens (tertiary/aromatic N) is 1. The first-order chi connectivity index (χ1) is 8.65. The van der Waals surface area contributed by atoms with E-state index in [-0.39, 0.29) is 10.7 Å². The number of carbonyl (C=O) groups excluding carboxylic acids is 1. The Labute approximate surface area is 108 Å². The van der Waals surface area contributed by atoms with E-state index in [1.165, 1.54) is 6.07 Å². The highest BCUT2D eigenvalue weighted by Gasteiger charge is 2.20. The summed E-state index contributed by atoms with van der Waals surface area (Å²) in [6.07, 6.45) is 0.667. The van der Waals surface area contributed by atoms with Crippen LogP contribution in [0.2, 0.25) is 5.02 Å². The molecule has 0 aliphatic heterocycles. The summed E-state index contributed by atoms with van der Waals surface area (Å²) in [6.45, 7) is 0. The largest absolute Gasteiger partial charge is 0.298 e. The van der Waals surface area contributed by atoms with Gasteiger partial charge in [0.25, 0.3) is 5.69 Å². The number of carbonyl (C=O) groups is 1. The van der Waals surface area contributed by atoms with Gasteiger partial charge in [0.15, 0.2) is 6.29 Å². The topological polar surface area (TPSA) is 60.2 Å². The molecule has 0 aliphatic rings. The molecule has 0 aliphatic carbocycles. The number of aldehydes is 1. The molecule has 2 rings (SSSR count). The van der Waals surface area contributed by atoms with Crippen molar-refractivity contribution in [1.29, 1.82) is 0 Å². The monoisotopic (exact) mass is 261 g/mol. The van der Waals surface area contributed by atoms with E-state index in [2.05, 4.69) is 0 Å². The van der Waals surface area contributed by atoms with Crippen LogP contribution in [0.3, 0.4) is 0 Å². The lowest BCUT2D eigenvalue weighted by Crippen LogP contribution is -1.95. The number of hydrogen-bond acceptors (Lipinski definition) is 3. The molecule has 0 saturated carbocycles. The molecule has 0 heterocycles. The third-order valence-corrected chi connectivity index (χ3v) is 2.85. The highest BCUT2D eigenvalue weighted by molar-refractivity contribution is 6.33. The Hall–Kier alpha value is -2.20. The summed E-state index contributed by atoms with van der Waals surface area (Å²) >= 11 is 5.84. The Morgan fingerprint density at radius 1 is 1.06 bits per heavy atom. The minimum Gasteiger partial charge on any atom is -0.298 e. The second-order valence-corrected chi connectivity index (χ2v) is 4.01. The molecular weight excluding hydrogens is 254 g/mol. The lowest BCUT2D eigenvalue weighted by molar-refractivity contribution is -0.384. The lowest BCUT2D eigenvalue weighted by Gasteiger charge is -2.06. The average Bonchev–Trinajstić information content (AvgIpc) is 2.38. The summed E-state index contributed by atoms with van der Waals surface area (Å²) in [6, 6.07) is 11.3. The lowest BCUT2D eigenvalue weighted by atomic mass is 9.99. The zero-order chi connectivity index (χ0) is 13.1. The number of nitro benzene ring substituents is 1. The maximum absolute atomic E-state index is 11.0. The van der Waals surface area contributed by atoms with Gasteiger partial charge in [-0.1, -0.05) is 41.9 Å². The molecule has 2 aromatic rings. The van der Waals surface area contributed by atoms with Crippen molar-refractivity contribution in [1.82, 2.24) is 0 Å². The highest BCUT2D eigenvalue weighted by Crippen LogP contribution is 2.36. The van der Waals surface area contributed by atoms with Crippen LogP contribution in [0, 0.1) is 10.1 Å². The van der Waals surface area contributed by atoms with E-state index < -0.39 is 4.92 Å². The Morgan fingerprint density at radius 3 is 2.39 bits per heavy atom. The van der Waals surface area contributed by atoms with Gasteiger partial charge >= 0.3 is 0 Å². The molecule has 0 amide bonds. The number of hydrogen-bond donors (Lipinski definition) is 0. The average molecular weight is 262 g/mol. The first-order valence-corrected chi connectivity index (χ1v) is 5.50. The van der Waals surface area contributed by atoms with Crippen LogP contribution in [-0.2, 0) is 0 Å². The predicted molar refractivity (Wildman–Crippen MR) is 68.9 cm³/mol. The van der Waals surface area contributed by atoms with E-state index >= 15 is 0 Å². The van der Waals surface area contributed by atoms with E-state index in [0.29, 0.717) is 23.0 Å². The predicted octanol–water partition coefficient (Wildman–Crippen LogP) is 3.73. The van der Waals surface area contributed by atoms with Crippen molar-refractivity contribution in [2.45, 2.75) is 0 Å². The summed E-state index contributed by atoms with van der Waals surface area (Å²) in [5.74, 6) is 0. The van der Waals surface area contributed by atoms with Gasteiger partial charge in [-0.05, 0) is 17.7 Å². The van der Waals surface area contributed by atoms with Crippen LogP contribution in [-0.4, -0.2) is 11.2 Å². The van der Waals surface area contributed by atoms with E-state index in [0.717, 1.165) is 0 Å². The Balaban J connectivity index is 2.75. The summed E-state index contributed by atoms with van der Waals surface area (Å²) in [4.78, 5) is 21.5. The molecule has 2 aromatic carbocycles. The molecule has 0 saturated heterocycles.